The number of carbonyl (C=O) groups is 1. The van der Waals surface area contributed by atoms with Crippen LogP contribution in [-0.4, -0.2) is 41.5 Å². The number of primary amides is 1. The highest BCUT2D eigenvalue weighted by Gasteiger charge is 2.23. The summed E-state index contributed by atoms with van der Waals surface area (Å²) >= 11 is 0. The largest absolute Gasteiger partial charge is 0.392 e. The molecule has 0 spiro atoms. The van der Waals surface area contributed by atoms with E-state index in [1.165, 1.54) is 6.07 Å². The van der Waals surface area contributed by atoms with E-state index in [0.717, 1.165) is 44.0 Å². The molecule has 8 heteroatoms. The Morgan fingerprint density at radius 1 is 1.50 bits per heavy atom. The van der Waals surface area contributed by atoms with E-state index in [2.05, 4.69) is 15.2 Å². The fourth-order valence-electron chi connectivity index (χ4n) is 3.15. The second kappa shape index (κ2) is 11.3. The van der Waals surface area contributed by atoms with Crippen LogP contribution in [0.15, 0.2) is 23.2 Å². The van der Waals surface area contributed by atoms with Gasteiger partial charge in [-0.05, 0) is 43.4 Å². The topological polar surface area (TPSA) is 91.0 Å². The molecule has 1 atom stereocenters. The zero-order valence-corrected chi connectivity index (χ0v) is 17.4. The number of aliphatic hydroxyl groups is 1. The van der Waals surface area contributed by atoms with Gasteiger partial charge in [-0.15, -0.1) is 24.0 Å². The number of nitrogens with zero attached hydrogens (tertiary/aromatic N) is 2. The molecule has 1 heterocycles. The van der Waals surface area contributed by atoms with Gasteiger partial charge in [-0.1, -0.05) is 6.07 Å². The summed E-state index contributed by atoms with van der Waals surface area (Å²) in [6, 6.07) is 4.66. The lowest BCUT2D eigenvalue weighted by Gasteiger charge is -2.34. The molecule has 1 aliphatic heterocycles. The Labute approximate surface area is 171 Å². The van der Waals surface area contributed by atoms with E-state index in [1.807, 2.05) is 6.92 Å². The highest BCUT2D eigenvalue weighted by molar-refractivity contribution is 14.0. The maximum atomic E-state index is 13.5. The zero-order valence-electron chi connectivity index (χ0n) is 15.1. The molecule has 1 unspecified atom stereocenters. The first-order chi connectivity index (χ1) is 12.0. The van der Waals surface area contributed by atoms with Crippen molar-refractivity contribution in [2.45, 2.75) is 39.3 Å². The fourth-order valence-corrected chi connectivity index (χ4v) is 3.15. The normalized spacial score (nSPS) is 17.6. The van der Waals surface area contributed by atoms with Crippen LogP contribution in [0.5, 0.6) is 0 Å². The summed E-state index contributed by atoms with van der Waals surface area (Å²) in [5.41, 5.74) is 6.44. The average Bonchev–Trinajstić information content (AvgIpc) is 2.59. The third-order valence-electron chi connectivity index (χ3n) is 4.34. The second-order valence-electron chi connectivity index (χ2n) is 6.38. The summed E-state index contributed by atoms with van der Waals surface area (Å²) in [5.74, 6) is 0.359. The monoisotopic (exact) mass is 478 g/mol. The Hall–Kier alpha value is -1.42. The van der Waals surface area contributed by atoms with Gasteiger partial charge in [0, 0.05) is 31.6 Å². The van der Waals surface area contributed by atoms with Crippen molar-refractivity contribution >= 4 is 35.8 Å². The number of carbonyl (C=O) groups excluding carboxylic acids is 1. The molecule has 146 valence electrons. The molecule has 1 aromatic rings. The Morgan fingerprint density at radius 3 is 2.92 bits per heavy atom. The van der Waals surface area contributed by atoms with Crippen molar-refractivity contribution < 1.29 is 14.3 Å². The number of halogens is 2. The Bertz CT molecular complexity index is 627. The van der Waals surface area contributed by atoms with Crippen molar-refractivity contribution in [1.29, 1.82) is 0 Å². The van der Waals surface area contributed by atoms with Gasteiger partial charge in [0.05, 0.1) is 13.2 Å². The van der Waals surface area contributed by atoms with E-state index in [1.54, 1.807) is 12.1 Å². The van der Waals surface area contributed by atoms with Gasteiger partial charge < -0.3 is 21.1 Å². The summed E-state index contributed by atoms with van der Waals surface area (Å²) in [7, 11) is 0. The number of aliphatic hydroxyl groups excluding tert-OH is 1. The van der Waals surface area contributed by atoms with Crippen LogP contribution in [-0.2, 0) is 17.9 Å². The van der Waals surface area contributed by atoms with Crippen LogP contribution in [0.3, 0.4) is 0 Å². The minimum absolute atomic E-state index is 0. The average molecular weight is 478 g/mol. The van der Waals surface area contributed by atoms with E-state index in [0.29, 0.717) is 13.0 Å². The Kier molecular flexibility index (Phi) is 9.85. The number of benzene rings is 1. The third-order valence-corrected chi connectivity index (χ3v) is 4.34. The van der Waals surface area contributed by atoms with Crippen LogP contribution in [0.25, 0.3) is 0 Å². The Balaban J connectivity index is 0.00000338. The summed E-state index contributed by atoms with van der Waals surface area (Å²) in [5, 5.41) is 12.4. The zero-order chi connectivity index (χ0) is 18.2. The highest BCUT2D eigenvalue weighted by Crippen LogP contribution is 2.20. The number of amides is 1. The third kappa shape index (κ3) is 6.71. The first-order valence-corrected chi connectivity index (χ1v) is 8.73. The number of guanidine groups is 1. The molecular formula is C18H28FIN4O2. The molecule has 1 saturated heterocycles. The SMILES string of the molecule is CCNC(=NCc1ccc(F)c(CO)c1)N1CCCC(CC(N)=O)C1.I. The van der Waals surface area contributed by atoms with Crippen molar-refractivity contribution in [3.63, 3.8) is 0 Å². The standard InChI is InChI=1S/C18H27FN4O2.HI/c1-2-21-18(23-7-3-4-14(11-23)9-17(20)25)22-10-13-5-6-16(19)15(8-13)12-24;/h5-6,8,14,24H,2-4,7,9-12H2,1H3,(H2,20,25)(H,21,22);1H. The summed E-state index contributed by atoms with van der Waals surface area (Å²) in [6.07, 6.45) is 2.39. The molecule has 1 aromatic carbocycles. The molecule has 0 bridgehead atoms. The first kappa shape index (κ1) is 22.6. The molecule has 1 fully saturated rings. The fraction of sp³-hybridized carbons (Fsp3) is 0.556. The van der Waals surface area contributed by atoms with Gasteiger partial charge in [0.25, 0.3) is 0 Å². The van der Waals surface area contributed by atoms with E-state index in [4.69, 9.17) is 5.73 Å². The lowest BCUT2D eigenvalue weighted by atomic mass is 9.95. The number of hydrogen-bond acceptors (Lipinski definition) is 3. The molecule has 1 aliphatic rings. The van der Waals surface area contributed by atoms with Gasteiger partial charge in [-0.3, -0.25) is 4.79 Å². The van der Waals surface area contributed by atoms with Gasteiger partial charge in [-0.25, -0.2) is 9.38 Å². The van der Waals surface area contributed by atoms with Gasteiger partial charge >= 0.3 is 0 Å². The predicted molar refractivity (Wildman–Crippen MR) is 111 cm³/mol. The van der Waals surface area contributed by atoms with Crippen molar-refractivity contribution in [2.24, 2.45) is 16.6 Å². The molecule has 26 heavy (non-hydrogen) atoms. The van der Waals surface area contributed by atoms with Crippen LogP contribution in [0.1, 0.15) is 37.3 Å². The smallest absolute Gasteiger partial charge is 0.217 e. The van der Waals surface area contributed by atoms with Crippen LogP contribution < -0.4 is 11.1 Å². The number of piperidine rings is 1. The van der Waals surface area contributed by atoms with Gasteiger partial charge in [0.1, 0.15) is 5.82 Å². The van der Waals surface area contributed by atoms with Crippen LogP contribution in [0.2, 0.25) is 0 Å². The molecule has 0 aliphatic carbocycles. The molecule has 0 saturated carbocycles. The number of hydrogen-bond donors (Lipinski definition) is 3. The summed E-state index contributed by atoms with van der Waals surface area (Å²) in [4.78, 5) is 18.0. The van der Waals surface area contributed by atoms with Gasteiger partial charge in [-0.2, -0.15) is 0 Å². The lowest BCUT2D eigenvalue weighted by Crippen LogP contribution is -2.47. The van der Waals surface area contributed by atoms with E-state index >= 15 is 0 Å². The summed E-state index contributed by atoms with van der Waals surface area (Å²) < 4.78 is 13.5. The number of nitrogens with two attached hydrogens (primary N) is 1. The van der Waals surface area contributed by atoms with E-state index in [9.17, 15) is 14.3 Å². The minimum Gasteiger partial charge on any atom is -0.392 e. The molecule has 4 N–H and O–H groups in total. The molecule has 0 radical (unpaired) electrons. The lowest BCUT2D eigenvalue weighted by molar-refractivity contribution is -0.119. The highest BCUT2D eigenvalue weighted by atomic mass is 127. The van der Waals surface area contributed by atoms with E-state index in [-0.39, 0.29) is 48.0 Å². The maximum absolute atomic E-state index is 13.5. The molecule has 0 aromatic heterocycles. The number of aliphatic imine (C=N–C) groups is 1. The Morgan fingerprint density at radius 2 is 2.27 bits per heavy atom. The van der Waals surface area contributed by atoms with Crippen molar-refractivity contribution in [3.05, 3.63) is 35.1 Å². The van der Waals surface area contributed by atoms with Crippen LogP contribution >= 0.6 is 24.0 Å². The molecule has 6 nitrogen and oxygen atoms in total. The van der Waals surface area contributed by atoms with Crippen molar-refractivity contribution in [3.8, 4) is 0 Å². The number of rotatable bonds is 6. The quantitative estimate of drug-likeness (QED) is 0.332. The van der Waals surface area contributed by atoms with E-state index < -0.39 is 5.82 Å². The van der Waals surface area contributed by atoms with Crippen LogP contribution in [0.4, 0.5) is 4.39 Å². The minimum atomic E-state index is -0.410. The van der Waals surface area contributed by atoms with Gasteiger partial charge in [0.15, 0.2) is 5.96 Å². The van der Waals surface area contributed by atoms with Crippen molar-refractivity contribution in [2.75, 3.05) is 19.6 Å². The molecule has 2 rings (SSSR count). The molecule has 1 amide bonds. The van der Waals surface area contributed by atoms with Gasteiger partial charge in [0.2, 0.25) is 5.91 Å². The molecular weight excluding hydrogens is 450 g/mol. The maximum Gasteiger partial charge on any atom is 0.217 e. The number of nitrogens with one attached hydrogen (secondary N) is 1. The number of likely N-dealkylation sites (tertiary alicyclic amines) is 1. The van der Waals surface area contributed by atoms with Crippen molar-refractivity contribution in [1.82, 2.24) is 10.2 Å². The first-order valence-electron chi connectivity index (χ1n) is 8.73. The summed E-state index contributed by atoms with van der Waals surface area (Å²) in [6.45, 7) is 4.44. The second-order valence-corrected chi connectivity index (χ2v) is 6.38. The predicted octanol–water partition coefficient (Wildman–Crippen LogP) is 1.99. The van der Waals surface area contributed by atoms with Crippen LogP contribution in [0, 0.1) is 11.7 Å².